The fraction of sp³-hybridized carbons (Fsp3) is 0.529. The topological polar surface area (TPSA) is 59.9 Å². The molecule has 0 aromatic heterocycles. The minimum atomic E-state index is -0.107. The second-order valence-corrected chi connectivity index (χ2v) is 5.51. The molecule has 0 heterocycles. The molecule has 1 amide bonds. The molecule has 0 unspecified atom stereocenters. The van der Waals surface area contributed by atoms with E-state index in [0.29, 0.717) is 0 Å². The van der Waals surface area contributed by atoms with Crippen molar-refractivity contribution >= 4 is 12.1 Å². The summed E-state index contributed by atoms with van der Waals surface area (Å²) < 4.78 is 5.21. The van der Waals surface area contributed by atoms with Crippen molar-refractivity contribution in [3.05, 3.63) is 29.8 Å². The van der Waals surface area contributed by atoms with Gasteiger partial charge in [-0.3, -0.25) is 4.79 Å². The summed E-state index contributed by atoms with van der Waals surface area (Å²) in [5, 5.41) is 6.85. The molecule has 0 spiro atoms. The van der Waals surface area contributed by atoms with Crippen LogP contribution in [-0.2, 0) is 9.63 Å². The third-order valence-corrected chi connectivity index (χ3v) is 3.82. The Kier molecular flexibility index (Phi) is 6.74. The van der Waals surface area contributed by atoms with Gasteiger partial charge in [-0.1, -0.05) is 43.0 Å². The van der Waals surface area contributed by atoms with Crippen LogP contribution in [0.4, 0.5) is 0 Å². The highest BCUT2D eigenvalue weighted by atomic mass is 16.6. The van der Waals surface area contributed by atoms with E-state index in [9.17, 15) is 4.79 Å². The third-order valence-electron chi connectivity index (χ3n) is 3.82. The van der Waals surface area contributed by atoms with Crippen molar-refractivity contribution < 1.29 is 14.4 Å². The molecule has 2 rings (SSSR count). The first-order valence-electron chi connectivity index (χ1n) is 7.87. The molecule has 5 nitrogen and oxygen atoms in total. The molecular formula is C17H24N2O3. The SMILES string of the molecule is COc1ccccc1/C=N\OCC(=O)NC1CCCCCC1. The predicted molar refractivity (Wildman–Crippen MR) is 86.2 cm³/mol. The molecule has 1 aromatic rings. The monoisotopic (exact) mass is 304 g/mol. The first kappa shape index (κ1) is 16.3. The summed E-state index contributed by atoms with van der Waals surface area (Å²) >= 11 is 0. The fourth-order valence-electron chi connectivity index (χ4n) is 2.66. The van der Waals surface area contributed by atoms with E-state index in [2.05, 4.69) is 10.5 Å². The number of benzene rings is 1. The third kappa shape index (κ3) is 5.39. The molecule has 0 bridgehead atoms. The van der Waals surface area contributed by atoms with Gasteiger partial charge in [-0.05, 0) is 25.0 Å². The standard InChI is InChI=1S/C17H24N2O3/c1-21-16-11-7-6-8-14(16)12-18-22-13-17(20)19-15-9-4-2-3-5-10-15/h6-8,11-12,15H,2-5,9-10,13H2,1H3,(H,19,20)/b18-12-. The second-order valence-electron chi connectivity index (χ2n) is 5.51. The van der Waals surface area contributed by atoms with Gasteiger partial charge in [0.2, 0.25) is 0 Å². The molecule has 1 aliphatic carbocycles. The van der Waals surface area contributed by atoms with Gasteiger partial charge in [0.15, 0.2) is 6.61 Å². The first-order chi connectivity index (χ1) is 10.8. The molecule has 1 fully saturated rings. The summed E-state index contributed by atoms with van der Waals surface area (Å²) in [5.41, 5.74) is 0.814. The van der Waals surface area contributed by atoms with Crippen LogP contribution in [0.15, 0.2) is 29.4 Å². The molecule has 0 aliphatic heterocycles. The lowest BCUT2D eigenvalue weighted by Gasteiger charge is -2.15. The lowest BCUT2D eigenvalue weighted by molar-refractivity contribution is -0.126. The number of carbonyl (C=O) groups is 1. The maximum atomic E-state index is 11.8. The van der Waals surface area contributed by atoms with E-state index < -0.39 is 0 Å². The van der Waals surface area contributed by atoms with Gasteiger partial charge in [0, 0.05) is 11.6 Å². The molecular weight excluding hydrogens is 280 g/mol. The molecule has 120 valence electrons. The number of nitrogens with zero attached hydrogens (tertiary/aromatic N) is 1. The van der Waals surface area contributed by atoms with Crippen LogP contribution in [0.25, 0.3) is 0 Å². The molecule has 1 N–H and O–H groups in total. The zero-order chi connectivity index (χ0) is 15.6. The smallest absolute Gasteiger partial charge is 0.260 e. The van der Waals surface area contributed by atoms with Gasteiger partial charge >= 0.3 is 0 Å². The van der Waals surface area contributed by atoms with Crippen LogP contribution in [-0.4, -0.2) is 31.9 Å². The van der Waals surface area contributed by atoms with Crippen LogP contribution >= 0.6 is 0 Å². The molecule has 0 radical (unpaired) electrons. The normalized spacial score (nSPS) is 16.2. The van der Waals surface area contributed by atoms with E-state index in [1.165, 1.54) is 25.7 Å². The van der Waals surface area contributed by atoms with Crippen molar-refractivity contribution in [2.75, 3.05) is 13.7 Å². The highest BCUT2D eigenvalue weighted by molar-refractivity contribution is 5.83. The van der Waals surface area contributed by atoms with Gasteiger partial charge in [0.05, 0.1) is 13.3 Å². The molecule has 1 aromatic carbocycles. The zero-order valence-electron chi connectivity index (χ0n) is 13.1. The quantitative estimate of drug-likeness (QED) is 0.499. The Morgan fingerprint density at radius 2 is 2.00 bits per heavy atom. The number of rotatable bonds is 6. The number of ether oxygens (including phenoxy) is 1. The number of amides is 1. The maximum absolute atomic E-state index is 11.8. The summed E-state index contributed by atoms with van der Waals surface area (Å²) in [6.45, 7) is -0.0534. The molecule has 0 atom stereocenters. The zero-order valence-corrected chi connectivity index (χ0v) is 13.1. The van der Waals surface area contributed by atoms with E-state index in [1.807, 2.05) is 24.3 Å². The van der Waals surface area contributed by atoms with Crippen molar-refractivity contribution in [1.82, 2.24) is 5.32 Å². The van der Waals surface area contributed by atoms with E-state index in [-0.39, 0.29) is 18.6 Å². The Morgan fingerprint density at radius 1 is 1.27 bits per heavy atom. The Balaban J connectivity index is 1.73. The van der Waals surface area contributed by atoms with Crippen LogP contribution in [0.5, 0.6) is 5.75 Å². The Morgan fingerprint density at radius 3 is 2.73 bits per heavy atom. The Labute approximate surface area is 131 Å². The summed E-state index contributed by atoms with van der Waals surface area (Å²) in [7, 11) is 1.60. The maximum Gasteiger partial charge on any atom is 0.260 e. The highest BCUT2D eigenvalue weighted by Gasteiger charge is 2.14. The molecule has 1 aliphatic rings. The van der Waals surface area contributed by atoms with Gasteiger partial charge in [-0.25, -0.2) is 0 Å². The average Bonchev–Trinajstić information content (AvgIpc) is 2.80. The predicted octanol–water partition coefficient (Wildman–Crippen LogP) is 2.88. The molecule has 0 saturated heterocycles. The number of methoxy groups -OCH3 is 1. The number of hydrogen-bond donors (Lipinski definition) is 1. The van der Waals surface area contributed by atoms with Crippen molar-refractivity contribution in [3.8, 4) is 5.75 Å². The van der Waals surface area contributed by atoms with E-state index in [0.717, 1.165) is 24.2 Å². The molecule has 5 heteroatoms. The number of nitrogens with one attached hydrogen (secondary N) is 1. The number of para-hydroxylation sites is 1. The Hall–Kier alpha value is -2.04. The van der Waals surface area contributed by atoms with E-state index in [1.54, 1.807) is 13.3 Å². The van der Waals surface area contributed by atoms with E-state index >= 15 is 0 Å². The fourth-order valence-corrected chi connectivity index (χ4v) is 2.66. The second kappa shape index (κ2) is 9.07. The summed E-state index contributed by atoms with van der Waals surface area (Å²) in [6, 6.07) is 7.79. The highest BCUT2D eigenvalue weighted by Crippen LogP contribution is 2.17. The summed E-state index contributed by atoms with van der Waals surface area (Å²) in [5.74, 6) is 0.613. The Bertz CT molecular complexity index is 494. The van der Waals surface area contributed by atoms with Crippen molar-refractivity contribution in [2.45, 2.75) is 44.6 Å². The average molecular weight is 304 g/mol. The van der Waals surface area contributed by atoms with Gasteiger partial charge in [-0.2, -0.15) is 0 Å². The van der Waals surface area contributed by atoms with Crippen LogP contribution in [0.3, 0.4) is 0 Å². The lowest BCUT2D eigenvalue weighted by atomic mass is 10.1. The van der Waals surface area contributed by atoms with Crippen LogP contribution in [0.2, 0.25) is 0 Å². The number of carbonyl (C=O) groups excluding carboxylic acids is 1. The largest absolute Gasteiger partial charge is 0.496 e. The minimum Gasteiger partial charge on any atom is -0.496 e. The first-order valence-corrected chi connectivity index (χ1v) is 7.87. The van der Waals surface area contributed by atoms with Crippen molar-refractivity contribution in [2.24, 2.45) is 5.16 Å². The van der Waals surface area contributed by atoms with Crippen LogP contribution < -0.4 is 10.1 Å². The van der Waals surface area contributed by atoms with Crippen LogP contribution in [0, 0.1) is 0 Å². The van der Waals surface area contributed by atoms with Gasteiger partial charge in [-0.15, -0.1) is 0 Å². The van der Waals surface area contributed by atoms with Gasteiger partial charge < -0.3 is 14.9 Å². The number of hydrogen-bond acceptors (Lipinski definition) is 4. The molecule has 22 heavy (non-hydrogen) atoms. The van der Waals surface area contributed by atoms with Crippen molar-refractivity contribution in [3.63, 3.8) is 0 Å². The van der Waals surface area contributed by atoms with E-state index in [4.69, 9.17) is 9.57 Å². The van der Waals surface area contributed by atoms with Crippen molar-refractivity contribution in [1.29, 1.82) is 0 Å². The summed E-state index contributed by atoms with van der Waals surface area (Å²) in [6.07, 6.45) is 8.61. The molecule has 1 saturated carbocycles. The van der Waals surface area contributed by atoms with Gasteiger partial charge in [0.25, 0.3) is 5.91 Å². The minimum absolute atomic E-state index is 0.0534. The lowest BCUT2D eigenvalue weighted by Crippen LogP contribution is -2.36. The van der Waals surface area contributed by atoms with Crippen LogP contribution in [0.1, 0.15) is 44.1 Å². The van der Waals surface area contributed by atoms with Gasteiger partial charge in [0.1, 0.15) is 5.75 Å². The number of oxime groups is 1. The summed E-state index contributed by atoms with van der Waals surface area (Å²) in [4.78, 5) is 16.9.